The van der Waals surface area contributed by atoms with Crippen molar-refractivity contribution in [2.75, 3.05) is 6.54 Å². The molecule has 0 aliphatic rings. The zero-order valence-electron chi connectivity index (χ0n) is 9.05. The number of halogens is 1. The van der Waals surface area contributed by atoms with Gasteiger partial charge in [0.05, 0.1) is 0 Å². The number of rotatable bonds is 2. The summed E-state index contributed by atoms with van der Waals surface area (Å²) < 4.78 is 13.3. The number of benzene rings is 1. The monoisotopic (exact) mass is 195 g/mol. The molecule has 1 aromatic carbocycles. The van der Waals surface area contributed by atoms with Crippen LogP contribution in [0.1, 0.15) is 38.1 Å². The molecule has 0 saturated carbocycles. The lowest BCUT2D eigenvalue weighted by Gasteiger charge is -2.20. The average Bonchev–Trinajstić information content (AvgIpc) is 2.15. The van der Waals surface area contributed by atoms with Gasteiger partial charge < -0.3 is 5.73 Å². The van der Waals surface area contributed by atoms with Gasteiger partial charge in [-0.1, -0.05) is 45.0 Å². The summed E-state index contributed by atoms with van der Waals surface area (Å²) in [6.07, 6.45) is -1.04. The Morgan fingerprint density at radius 1 is 1.36 bits per heavy atom. The lowest BCUT2D eigenvalue weighted by atomic mass is 9.86. The van der Waals surface area contributed by atoms with Crippen LogP contribution in [-0.4, -0.2) is 6.54 Å². The summed E-state index contributed by atoms with van der Waals surface area (Å²) in [5, 5.41) is 0. The molecule has 1 rings (SSSR count). The predicted octanol–water partition coefficient (Wildman–Crippen LogP) is 2.95. The molecule has 1 aromatic rings. The Kier molecular flexibility index (Phi) is 3.27. The van der Waals surface area contributed by atoms with E-state index in [2.05, 4.69) is 20.8 Å². The maximum absolute atomic E-state index is 13.3. The smallest absolute Gasteiger partial charge is 0.137 e. The van der Waals surface area contributed by atoms with Crippen molar-refractivity contribution >= 4 is 0 Å². The molecule has 0 radical (unpaired) electrons. The molecule has 0 aromatic heterocycles. The Morgan fingerprint density at radius 3 is 2.50 bits per heavy atom. The van der Waals surface area contributed by atoms with E-state index in [1.54, 1.807) is 6.07 Å². The van der Waals surface area contributed by atoms with E-state index in [0.717, 1.165) is 5.56 Å². The highest BCUT2D eigenvalue weighted by Crippen LogP contribution is 2.25. The van der Waals surface area contributed by atoms with Gasteiger partial charge in [0.2, 0.25) is 0 Å². The van der Waals surface area contributed by atoms with Crippen molar-refractivity contribution in [1.29, 1.82) is 0 Å². The van der Waals surface area contributed by atoms with Crippen LogP contribution in [0.25, 0.3) is 0 Å². The molecule has 1 unspecified atom stereocenters. The van der Waals surface area contributed by atoms with Gasteiger partial charge in [-0.3, -0.25) is 0 Å². The summed E-state index contributed by atoms with van der Waals surface area (Å²) in [5.41, 5.74) is 7.17. The van der Waals surface area contributed by atoms with Crippen LogP contribution in [0.15, 0.2) is 24.3 Å². The van der Waals surface area contributed by atoms with E-state index in [1.165, 1.54) is 0 Å². The van der Waals surface area contributed by atoms with Crippen molar-refractivity contribution in [2.24, 2.45) is 5.73 Å². The van der Waals surface area contributed by atoms with Crippen LogP contribution in [0.3, 0.4) is 0 Å². The second kappa shape index (κ2) is 4.09. The molecule has 2 N–H and O–H groups in total. The first kappa shape index (κ1) is 11.2. The van der Waals surface area contributed by atoms with Gasteiger partial charge in [-0.05, 0) is 16.5 Å². The quantitative estimate of drug-likeness (QED) is 0.771. The summed E-state index contributed by atoms with van der Waals surface area (Å²) in [5.74, 6) is 0. The third-order valence-corrected chi connectivity index (χ3v) is 2.32. The van der Waals surface area contributed by atoms with Crippen molar-refractivity contribution in [1.82, 2.24) is 0 Å². The van der Waals surface area contributed by atoms with Crippen LogP contribution < -0.4 is 5.73 Å². The van der Waals surface area contributed by atoms with Gasteiger partial charge in [-0.2, -0.15) is 0 Å². The third kappa shape index (κ3) is 2.55. The molecule has 0 heterocycles. The van der Waals surface area contributed by atoms with Gasteiger partial charge in [0.15, 0.2) is 0 Å². The minimum atomic E-state index is -1.04. The zero-order valence-corrected chi connectivity index (χ0v) is 9.05. The van der Waals surface area contributed by atoms with Crippen LogP contribution >= 0.6 is 0 Å². The van der Waals surface area contributed by atoms with Gasteiger partial charge in [0.1, 0.15) is 6.17 Å². The van der Waals surface area contributed by atoms with Gasteiger partial charge in [-0.25, -0.2) is 4.39 Å². The Labute approximate surface area is 85.1 Å². The third-order valence-electron chi connectivity index (χ3n) is 2.32. The van der Waals surface area contributed by atoms with Gasteiger partial charge >= 0.3 is 0 Å². The Balaban J connectivity index is 3.01. The van der Waals surface area contributed by atoms with Crippen LogP contribution in [-0.2, 0) is 5.41 Å². The SMILES string of the molecule is CC(C)(C)c1cccc(C(F)CN)c1. The van der Waals surface area contributed by atoms with E-state index in [-0.39, 0.29) is 12.0 Å². The topological polar surface area (TPSA) is 26.0 Å². The van der Waals surface area contributed by atoms with Crippen molar-refractivity contribution in [3.8, 4) is 0 Å². The van der Waals surface area contributed by atoms with Crippen molar-refractivity contribution in [3.63, 3.8) is 0 Å². The summed E-state index contributed by atoms with van der Waals surface area (Å²) in [7, 11) is 0. The van der Waals surface area contributed by atoms with Crippen molar-refractivity contribution in [3.05, 3.63) is 35.4 Å². The number of hydrogen-bond acceptors (Lipinski definition) is 1. The predicted molar refractivity (Wildman–Crippen MR) is 58.0 cm³/mol. The van der Waals surface area contributed by atoms with E-state index in [9.17, 15) is 4.39 Å². The second-order valence-electron chi connectivity index (χ2n) is 4.58. The number of alkyl halides is 1. The number of hydrogen-bond donors (Lipinski definition) is 1. The first-order chi connectivity index (χ1) is 6.45. The van der Waals surface area contributed by atoms with Crippen LogP contribution in [0, 0.1) is 0 Å². The molecule has 2 heteroatoms. The van der Waals surface area contributed by atoms with E-state index < -0.39 is 6.17 Å². The highest BCUT2D eigenvalue weighted by Gasteiger charge is 2.15. The molecular weight excluding hydrogens is 177 g/mol. The Morgan fingerprint density at radius 2 is 2.00 bits per heavy atom. The maximum Gasteiger partial charge on any atom is 0.137 e. The van der Waals surface area contributed by atoms with Crippen LogP contribution in [0.2, 0.25) is 0 Å². The molecule has 1 nitrogen and oxygen atoms in total. The van der Waals surface area contributed by atoms with Gasteiger partial charge in [0.25, 0.3) is 0 Å². The molecule has 0 bridgehead atoms. The fourth-order valence-electron chi connectivity index (χ4n) is 1.34. The zero-order chi connectivity index (χ0) is 10.8. The van der Waals surface area contributed by atoms with Crippen LogP contribution in [0.5, 0.6) is 0 Å². The Hall–Kier alpha value is -0.890. The normalized spacial score (nSPS) is 14.1. The molecular formula is C12H18FN. The van der Waals surface area contributed by atoms with E-state index in [0.29, 0.717) is 5.56 Å². The lowest BCUT2D eigenvalue weighted by Crippen LogP contribution is -2.13. The fourth-order valence-corrected chi connectivity index (χ4v) is 1.34. The minimum absolute atomic E-state index is 0.0492. The molecule has 0 amide bonds. The highest BCUT2D eigenvalue weighted by atomic mass is 19.1. The van der Waals surface area contributed by atoms with E-state index >= 15 is 0 Å². The van der Waals surface area contributed by atoms with Crippen molar-refractivity contribution in [2.45, 2.75) is 32.4 Å². The first-order valence-electron chi connectivity index (χ1n) is 4.89. The van der Waals surface area contributed by atoms with E-state index in [1.807, 2.05) is 18.2 Å². The fraction of sp³-hybridized carbons (Fsp3) is 0.500. The van der Waals surface area contributed by atoms with Crippen LogP contribution in [0.4, 0.5) is 4.39 Å². The largest absolute Gasteiger partial charge is 0.327 e. The molecule has 78 valence electrons. The minimum Gasteiger partial charge on any atom is -0.327 e. The molecule has 0 spiro atoms. The molecule has 0 aliphatic carbocycles. The highest BCUT2D eigenvalue weighted by molar-refractivity contribution is 5.29. The summed E-state index contributed by atoms with van der Waals surface area (Å²) >= 11 is 0. The average molecular weight is 195 g/mol. The molecule has 0 saturated heterocycles. The molecule has 14 heavy (non-hydrogen) atoms. The van der Waals surface area contributed by atoms with Gasteiger partial charge in [-0.15, -0.1) is 0 Å². The number of nitrogens with two attached hydrogens (primary N) is 1. The second-order valence-corrected chi connectivity index (χ2v) is 4.58. The lowest BCUT2D eigenvalue weighted by molar-refractivity contribution is 0.352. The van der Waals surface area contributed by atoms with Gasteiger partial charge in [0, 0.05) is 6.54 Å². The van der Waals surface area contributed by atoms with Crippen molar-refractivity contribution < 1.29 is 4.39 Å². The summed E-state index contributed by atoms with van der Waals surface area (Å²) in [4.78, 5) is 0. The molecule has 1 atom stereocenters. The first-order valence-corrected chi connectivity index (χ1v) is 4.89. The summed E-state index contributed by atoms with van der Waals surface area (Å²) in [6, 6.07) is 7.59. The maximum atomic E-state index is 13.3. The van der Waals surface area contributed by atoms with E-state index in [4.69, 9.17) is 5.73 Å². The Bertz CT molecular complexity index is 301. The standard InChI is InChI=1S/C12H18FN/c1-12(2,3)10-6-4-5-9(7-10)11(13)8-14/h4-7,11H,8,14H2,1-3H3. The summed E-state index contributed by atoms with van der Waals surface area (Å²) in [6.45, 7) is 6.39. The molecule has 0 aliphatic heterocycles. The molecule has 0 fully saturated rings.